The summed E-state index contributed by atoms with van der Waals surface area (Å²) >= 11 is 5.97. The molecule has 1 aliphatic carbocycles. The Hall–Kier alpha value is -3.00. The number of hydrogen-bond acceptors (Lipinski definition) is 5. The number of hydrogen-bond donors (Lipinski definition) is 1. The van der Waals surface area contributed by atoms with Crippen LogP contribution in [0.1, 0.15) is 41.0 Å². The number of carbonyl (C=O) groups excluding carboxylic acids is 1. The quantitative estimate of drug-likeness (QED) is 0.574. The summed E-state index contributed by atoms with van der Waals surface area (Å²) in [6.07, 6.45) is 8.83. The van der Waals surface area contributed by atoms with Crippen LogP contribution in [0.25, 0.3) is 11.3 Å². The third-order valence-electron chi connectivity index (χ3n) is 6.62. The number of rotatable bonds is 5. The van der Waals surface area contributed by atoms with Gasteiger partial charge in [0.15, 0.2) is 0 Å². The van der Waals surface area contributed by atoms with Crippen molar-refractivity contribution < 1.29 is 9.53 Å². The third-order valence-corrected chi connectivity index (χ3v) is 6.87. The van der Waals surface area contributed by atoms with Gasteiger partial charge >= 0.3 is 0 Å². The summed E-state index contributed by atoms with van der Waals surface area (Å²) in [4.78, 5) is 20.0. The van der Waals surface area contributed by atoms with Crippen LogP contribution in [0.4, 0.5) is 5.69 Å². The van der Waals surface area contributed by atoms with Gasteiger partial charge in [-0.3, -0.25) is 14.7 Å². The number of amides is 1. The van der Waals surface area contributed by atoms with Crippen LogP contribution >= 0.6 is 11.6 Å². The molecule has 2 aromatic heterocycles. The lowest BCUT2D eigenvalue weighted by Gasteiger charge is -2.36. The second-order valence-electron chi connectivity index (χ2n) is 8.72. The fourth-order valence-electron chi connectivity index (χ4n) is 4.66. The highest BCUT2D eigenvalue weighted by Crippen LogP contribution is 2.29. The molecule has 0 bridgehead atoms. The Labute approximate surface area is 204 Å². The standard InChI is InChI=1S/C26H28ClN5O2/c1-18-24(17-29-32(18)23-9-4-20(27)5-10-23)26(33)30-21-6-11-25(28-16-21)19-2-7-22(8-3-19)31-12-14-34-15-13-31/h2,4-6,9-11,16-17,22H,3,7-8,12-15H2,1H3,(H,30,33). The first kappa shape index (κ1) is 22.8. The van der Waals surface area contributed by atoms with E-state index in [-0.39, 0.29) is 5.91 Å². The summed E-state index contributed by atoms with van der Waals surface area (Å²) in [7, 11) is 0. The molecule has 34 heavy (non-hydrogen) atoms. The molecule has 8 heteroatoms. The second-order valence-corrected chi connectivity index (χ2v) is 9.16. The monoisotopic (exact) mass is 477 g/mol. The predicted molar refractivity (Wildman–Crippen MR) is 134 cm³/mol. The molecule has 1 aliphatic heterocycles. The molecule has 7 nitrogen and oxygen atoms in total. The Morgan fingerprint density at radius 1 is 1.12 bits per heavy atom. The Morgan fingerprint density at radius 3 is 2.59 bits per heavy atom. The normalized spacial score (nSPS) is 19.0. The van der Waals surface area contributed by atoms with Gasteiger partial charge in [-0.15, -0.1) is 0 Å². The Morgan fingerprint density at radius 2 is 1.91 bits per heavy atom. The van der Waals surface area contributed by atoms with Crippen molar-refractivity contribution in [2.24, 2.45) is 0 Å². The average molecular weight is 478 g/mol. The number of allylic oxidation sites excluding steroid dienone is 1. The molecule has 3 aromatic rings. The molecular formula is C26H28ClN5O2. The van der Waals surface area contributed by atoms with Crippen LogP contribution < -0.4 is 5.32 Å². The topological polar surface area (TPSA) is 72.3 Å². The molecule has 176 valence electrons. The Bertz CT molecular complexity index is 1180. The Kier molecular flexibility index (Phi) is 6.76. The largest absolute Gasteiger partial charge is 0.379 e. The molecule has 0 radical (unpaired) electrons. The smallest absolute Gasteiger partial charge is 0.259 e. The summed E-state index contributed by atoms with van der Waals surface area (Å²) in [5.74, 6) is -0.211. The maximum atomic E-state index is 12.9. The van der Waals surface area contributed by atoms with Crippen molar-refractivity contribution in [3.05, 3.63) is 76.8 Å². The van der Waals surface area contributed by atoms with Gasteiger partial charge < -0.3 is 10.1 Å². The lowest BCUT2D eigenvalue weighted by molar-refractivity contribution is 0.0150. The van der Waals surface area contributed by atoms with E-state index in [1.807, 2.05) is 31.2 Å². The number of morpholine rings is 1. The highest BCUT2D eigenvalue weighted by atomic mass is 35.5. The van der Waals surface area contributed by atoms with Gasteiger partial charge in [0.05, 0.1) is 53.9 Å². The van der Waals surface area contributed by atoms with Gasteiger partial charge in [0.25, 0.3) is 5.91 Å². The van der Waals surface area contributed by atoms with Crippen LogP contribution in [0.2, 0.25) is 5.02 Å². The third kappa shape index (κ3) is 4.92. The SMILES string of the molecule is Cc1c(C(=O)Nc2ccc(C3=CCC(N4CCOCC4)CC3)nc2)cnn1-c1ccc(Cl)cc1. The molecule has 1 amide bonds. The lowest BCUT2D eigenvalue weighted by Crippen LogP contribution is -2.43. The summed E-state index contributed by atoms with van der Waals surface area (Å²) < 4.78 is 7.20. The van der Waals surface area contributed by atoms with Gasteiger partial charge in [0.1, 0.15) is 0 Å². The van der Waals surface area contributed by atoms with Gasteiger partial charge in [-0.05, 0) is 68.2 Å². The van der Waals surface area contributed by atoms with Crippen molar-refractivity contribution in [3.8, 4) is 5.69 Å². The molecule has 2 aliphatic rings. The van der Waals surface area contributed by atoms with E-state index in [0.29, 0.717) is 22.3 Å². The molecule has 0 spiro atoms. The van der Waals surface area contributed by atoms with E-state index in [1.54, 1.807) is 29.2 Å². The molecular weight excluding hydrogens is 450 g/mol. The van der Waals surface area contributed by atoms with E-state index in [4.69, 9.17) is 16.3 Å². The number of ether oxygens (including phenoxy) is 1. The molecule has 1 aromatic carbocycles. The average Bonchev–Trinajstić information content (AvgIpc) is 3.27. The van der Waals surface area contributed by atoms with E-state index in [0.717, 1.165) is 62.6 Å². The molecule has 1 saturated heterocycles. The van der Waals surface area contributed by atoms with E-state index in [2.05, 4.69) is 26.4 Å². The first-order chi connectivity index (χ1) is 16.6. The van der Waals surface area contributed by atoms with Gasteiger partial charge in [-0.1, -0.05) is 17.7 Å². The lowest BCUT2D eigenvalue weighted by atomic mass is 9.92. The zero-order valence-electron chi connectivity index (χ0n) is 19.2. The number of anilines is 1. The zero-order valence-corrected chi connectivity index (χ0v) is 20.0. The van der Waals surface area contributed by atoms with Crippen molar-refractivity contribution in [3.63, 3.8) is 0 Å². The number of nitrogens with zero attached hydrogens (tertiary/aromatic N) is 4. The van der Waals surface area contributed by atoms with Crippen molar-refractivity contribution >= 4 is 28.8 Å². The fourth-order valence-corrected chi connectivity index (χ4v) is 4.78. The highest BCUT2D eigenvalue weighted by molar-refractivity contribution is 6.30. The van der Waals surface area contributed by atoms with Crippen molar-refractivity contribution in [2.45, 2.75) is 32.2 Å². The summed E-state index contributed by atoms with van der Waals surface area (Å²) in [5, 5.41) is 7.97. The highest BCUT2D eigenvalue weighted by Gasteiger charge is 2.24. The molecule has 1 N–H and O–H groups in total. The molecule has 1 fully saturated rings. The fraction of sp³-hybridized carbons (Fsp3) is 0.346. The van der Waals surface area contributed by atoms with Crippen molar-refractivity contribution in [1.82, 2.24) is 19.7 Å². The first-order valence-corrected chi connectivity index (χ1v) is 12.1. The number of aromatic nitrogens is 3. The number of carbonyl (C=O) groups is 1. The minimum Gasteiger partial charge on any atom is -0.379 e. The van der Waals surface area contributed by atoms with Crippen LogP contribution in [-0.2, 0) is 4.74 Å². The Balaban J connectivity index is 1.22. The van der Waals surface area contributed by atoms with E-state index < -0.39 is 0 Å². The maximum absolute atomic E-state index is 12.9. The van der Waals surface area contributed by atoms with Gasteiger partial charge in [-0.2, -0.15) is 5.10 Å². The molecule has 1 unspecified atom stereocenters. The molecule has 0 saturated carbocycles. The van der Waals surface area contributed by atoms with Crippen LogP contribution in [-0.4, -0.2) is 57.9 Å². The predicted octanol–water partition coefficient (Wildman–Crippen LogP) is 4.75. The van der Waals surface area contributed by atoms with E-state index in [9.17, 15) is 4.79 Å². The summed E-state index contributed by atoms with van der Waals surface area (Å²) in [5.41, 5.74) is 5.04. The van der Waals surface area contributed by atoms with Gasteiger partial charge in [-0.25, -0.2) is 4.68 Å². The van der Waals surface area contributed by atoms with Gasteiger partial charge in [0, 0.05) is 24.2 Å². The first-order valence-electron chi connectivity index (χ1n) is 11.7. The summed E-state index contributed by atoms with van der Waals surface area (Å²) in [6, 6.07) is 11.8. The number of pyridine rings is 1. The van der Waals surface area contributed by atoms with Crippen LogP contribution in [0.3, 0.4) is 0 Å². The zero-order chi connectivity index (χ0) is 23.5. The van der Waals surface area contributed by atoms with E-state index in [1.165, 1.54) is 5.57 Å². The second kappa shape index (κ2) is 10.1. The van der Waals surface area contributed by atoms with E-state index >= 15 is 0 Å². The van der Waals surface area contributed by atoms with Crippen LogP contribution in [0.15, 0.2) is 54.9 Å². The minimum absolute atomic E-state index is 0.211. The minimum atomic E-state index is -0.211. The number of nitrogens with one attached hydrogen (secondary N) is 1. The number of halogens is 1. The molecule has 5 rings (SSSR count). The number of benzene rings is 1. The van der Waals surface area contributed by atoms with Crippen LogP contribution in [0.5, 0.6) is 0 Å². The maximum Gasteiger partial charge on any atom is 0.259 e. The summed E-state index contributed by atoms with van der Waals surface area (Å²) in [6.45, 7) is 5.60. The van der Waals surface area contributed by atoms with Crippen molar-refractivity contribution in [2.75, 3.05) is 31.6 Å². The molecule has 3 heterocycles. The van der Waals surface area contributed by atoms with Gasteiger partial charge in [0.2, 0.25) is 0 Å². The molecule has 1 atom stereocenters. The van der Waals surface area contributed by atoms with Crippen molar-refractivity contribution in [1.29, 1.82) is 0 Å². The van der Waals surface area contributed by atoms with Crippen LogP contribution in [0, 0.1) is 6.92 Å².